The van der Waals surface area contributed by atoms with E-state index in [0.29, 0.717) is 31.3 Å². The molecule has 0 radical (unpaired) electrons. The van der Waals surface area contributed by atoms with Gasteiger partial charge < -0.3 is 15.5 Å². The Kier molecular flexibility index (Phi) is 6.77. The fourth-order valence-electron chi connectivity index (χ4n) is 3.69. The van der Waals surface area contributed by atoms with Gasteiger partial charge in [-0.05, 0) is 37.1 Å². The van der Waals surface area contributed by atoms with E-state index in [1.54, 1.807) is 34.1 Å². The molecule has 2 aromatic rings. The van der Waals surface area contributed by atoms with Gasteiger partial charge in [-0.3, -0.25) is 9.59 Å². The van der Waals surface area contributed by atoms with E-state index < -0.39 is 23.5 Å². The highest BCUT2D eigenvalue weighted by atomic mass is 19.2. The first-order valence-corrected chi connectivity index (χ1v) is 9.79. The van der Waals surface area contributed by atoms with Crippen molar-refractivity contribution < 1.29 is 22.8 Å². The molecule has 2 N–H and O–H groups in total. The predicted molar refractivity (Wildman–Crippen MR) is 106 cm³/mol. The Balaban J connectivity index is 1.56. The molecule has 0 bridgehead atoms. The molecule has 1 aliphatic heterocycles. The first-order valence-electron chi connectivity index (χ1n) is 9.79. The lowest BCUT2D eigenvalue weighted by atomic mass is 10.0. The van der Waals surface area contributed by atoms with Crippen molar-refractivity contribution in [1.82, 2.24) is 9.80 Å². The summed E-state index contributed by atoms with van der Waals surface area (Å²) in [5, 5.41) is 0. The van der Waals surface area contributed by atoms with Crippen molar-refractivity contribution in [3.8, 4) is 0 Å². The number of hydrogen-bond donors (Lipinski definition) is 1. The Labute approximate surface area is 173 Å². The summed E-state index contributed by atoms with van der Waals surface area (Å²) in [6, 6.07) is 9.24. The maximum atomic E-state index is 13.8. The molecule has 30 heavy (non-hydrogen) atoms. The quantitative estimate of drug-likeness (QED) is 0.758. The minimum atomic E-state index is -1.27. The van der Waals surface area contributed by atoms with Gasteiger partial charge in [-0.25, -0.2) is 13.2 Å². The van der Waals surface area contributed by atoms with Crippen LogP contribution in [0.5, 0.6) is 0 Å². The highest BCUT2D eigenvalue weighted by Crippen LogP contribution is 2.18. The predicted octanol–water partition coefficient (Wildman–Crippen LogP) is 2.74. The molecular weight excluding hydrogens is 395 g/mol. The van der Waals surface area contributed by atoms with Gasteiger partial charge in [-0.15, -0.1) is 0 Å². The van der Waals surface area contributed by atoms with Crippen LogP contribution in [0.1, 0.15) is 29.3 Å². The average molecular weight is 419 g/mol. The second-order valence-corrected chi connectivity index (χ2v) is 7.58. The molecule has 3 rings (SSSR count). The zero-order valence-corrected chi connectivity index (χ0v) is 16.7. The largest absolute Gasteiger partial charge is 0.336 e. The number of piperazine rings is 1. The van der Waals surface area contributed by atoms with Crippen molar-refractivity contribution >= 4 is 11.8 Å². The molecule has 1 unspecified atom stereocenters. The molecule has 1 fully saturated rings. The Morgan fingerprint density at radius 3 is 2.40 bits per heavy atom. The minimum Gasteiger partial charge on any atom is -0.336 e. The number of benzene rings is 2. The molecule has 5 nitrogen and oxygen atoms in total. The highest BCUT2D eigenvalue weighted by Gasteiger charge is 2.30. The summed E-state index contributed by atoms with van der Waals surface area (Å²) < 4.78 is 40.2. The van der Waals surface area contributed by atoms with Crippen LogP contribution in [0.15, 0.2) is 42.5 Å². The third kappa shape index (κ3) is 4.99. The normalized spacial score (nSPS) is 17.7. The van der Waals surface area contributed by atoms with Gasteiger partial charge in [0, 0.05) is 49.8 Å². The van der Waals surface area contributed by atoms with Crippen molar-refractivity contribution in [2.45, 2.75) is 31.8 Å². The third-order valence-electron chi connectivity index (χ3n) is 5.26. The van der Waals surface area contributed by atoms with Crippen LogP contribution in [-0.4, -0.2) is 53.3 Å². The highest BCUT2D eigenvalue weighted by molar-refractivity contribution is 5.94. The summed E-state index contributed by atoms with van der Waals surface area (Å²) in [5.41, 5.74) is 6.50. The van der Waals surface area contributed by atoms with E-state index in [1.165, 1.54) is 0 Å². The van der Waals surface area contributed by atoms with Gasteiger partial charge in [-0.1, -0.05) is 18.2 Å². The number of hydrogen-bond acceptors (Lipinski definition) is 3. The molecule has 2 amide bonds. The van der Waals surface area contributed by atoms with E-state index in [-0.39, 0.29) is 36.3 Å². The zero-order valence-electron chi connectivity index (χ0n) is 16.7. The number of rotatable bonds is 5. The van der Waals surface area contributed by atoms with E-state index in [4.69, 9.17) is 5.73 Å². The van der Waals surface area contributed by atoms with Crippen LogP contribution in [-0.2, 0) is 11.2 Å². The molecule has 1 aliphatic rings. The molecule has 8 heteroatoms. The van der Waals surface area contributed by atoms with Gasteiger partial charge in [0.05, 0.1) is 0 Å². The summed E-state index contributed by atoms with van der Waals surface area (Å²) in [7, 11) is 0. The van der Waals surface area contributed by atoms with Gasteiger partial charge in [0.15, 0.2) is 11.6 Å². The number of carbonyl (C=O) groups is 2. The number of amides is 2. The molecule has 0 spiro atoms. The number of carbonyl (C=O) groups excluding carboxylic acids is 2. The second kappa shape index (κ2) is 9.30. The summed E-state index contributed by atoms with van der Waals surface area (Å²) >= 11 is 0. The van der Waals surface area contributed by atoms with E-state index in [2.05, 4.69) is 0 Å². The van der Waals surface area contributed by atoms with Crippen molar-refractivity contribution in [3.05, 3.63) is 71.0 Å². The third-order valence-corrected chi connectivity index (χ3v) is 5.26. The summed E-state index contributed by atoms with van der Waals surface area (Å²) in [5.74, 6) is -3.61. The van der Waals surface area contributed by atoms with Crippen molar-refractivity contribution in [1.29, 1.82) is 0 Å². The topological polar surface area (TPSA) is 66.6 Å². The van der Waals surface area contributed by atoms with Gasteiger partial charge in [0.1, 0.15) is 5.82 Å². The van der Waals surface area contributed by atoms with Crippen molar-refractivity contribution in [2.24, 2.45) is 5.73 Å². The molecule has 1 saturated heterocycles. The van der Waals surface area contributed by atoms with Gasteiger partial charge in [0.2, 0.25) is 5.91 Å². The number of halogens is 3. The lowest BCUT2D eigenvalue weighted by molar-refractivity contribution is -0.135. The van der Waals surface area contributed by atoms with Gasteiger partial charge >= 0.3 is 0 Å². The Morgan fingerprint density at radius 1 is 1.07 bits per heavy atom. The summed E-state index contributed by atoms with van der Waals surface area (Å²) in [6.07, 6.45) is -0.148. The average Bonchev–Trinajstić information content (AvgIpc) is 2.71. The smallest absolute Gasteiger partial charge is 0.253 e. The molecule has 2 aromatic carbocycles. The van der Waals surface area contributed by atoms with Crippen LogP contribution in [0, 0.1) is 17.5 Å². The van der Waals surface area contributed by atoms with Gasteiger partial charge in [0.25, 0.3) is 5.91 Å². The van der Waals surface area contributed by atoms with E-state index >= 15 is 0 Å². The maximum Gasteiger partial charge on any atom is 0.253 e. The SMILES string of the molecule is CC1CN(C(=O)c2ccccc2)CCN1C(=O)C[C@H](N)Cc1cc(F)c(F)cc1F. The van der Waals surface area contributed by atoms with Crippen molar-refractivity contribution in [3.63, 3.8) is 0 Å². The van der Waals surface area contributed by atoms with Crippen LogP contribution < -0.4 is 5.73 Å². The van der Waals surface area contributed by atoms with Gasteiger partial charge in [-0.2, -0.15) is 0 Å². The fourth-order valence-corrected chi connectivity index (χ4v) is 3.69. The molecule has 0 aliphatic carbocycles. The molecule has 160 valence electrons. The molecule has 1 heterocycles. The zero-order chi connectivity index (χ0) is 21.8. The first-order chi connectivity index (χ1) is 14.3. The monoisotopic (exact) mass is 419 g/mol. The summed E-state index contributed by atoms with van der Waals surface area (Å²) in [6.45, 7) is 3.01. The molecular formula is C22H24F3N3O2. The molecule has 2 atom stereocenters. The van der Waals surface area contributed by atoms with Crippen LogP contribution in [0.3, 0.4) is 0 Å². The van der Waals surface area contributed by atoms with E-state index in [1.807, 2.05) is 13.0 Å². The summed E-state index contributed by atoms with van der Waals surface area (Å²) in [4.78, 5) is 28.6. The second-order valence-electron chi connectivity index (χ2n) is 7.58. The molecule has 0 saturated carbocycles. The van der Waals surface area contributed by atoms with Crippen LogP contribution in [0.25, 0.3) is 0 Å². The van der Waals surface area contributed by atoms with Crippen LogP contribution in [0.2, 0.25) is 0 Å². The minimum absolute atomic E-state index is 0.0601. The van der Waals surface area contributed by atoms with E-state index in [9.17, 15) is 22.8 Å². The van der Waals surface area contributed by atoms with Crippen molar-refractivity contribution in [2.75, 3.05) is 19.6 Å². The number of nitrogens with zero attached hydrogens (tertiary/aromatic N) is 2. The fraction of sp³-hybridized carbons (Fsp3) is 0.364. The van der Waals surface area contributed by atoms with Crippen LogP contribution in [0.4, 0.5) is 13.2 Å². The van der Waals surface area contributed by atoms with E-state index in [0.717, 1.165) is 6.07 Å². The Morgan fingerprint density at radius 2 is 1.73 bits per heavy atom. The maximum absolute atomic E-state index is 13.8. The lowest BCUT2D eigenvalue weighted by Gasteiger charge is -2.40. The van der Waals surface area contributed by atoms with Crippen LogP contribution >= 0.6 is 0 Å². The Hall–Kier alpha value is -2.87. The Bertz CT molecular complexity index is 923. The molecule has 0 aromatic heterocycles. The lowest BCUT2D eigenvalue weighted by Crippen LogP contribution is -2.56. The standard InChI is InChI=1S/C22H24F3N3O2/c1-14-13-27(22(30)15-5-3-2-4-6-15)7-8-28(14)21(29)11-17(26)9-16-10-19(24)20(25)12-18(16)23/h2-6,10,12,14,17H,7-9,11,13,26H2,1H3/t14?,17-/m1/s1. The number of nitrogens with two attached hydrogens (primary N) is 1. The first kappa shape index (κ1) is 21.8.